The van der Waals surface area contributed by atoms with E-state index < -0.39 is 10.0 Å². The van der Waals surface area contributed by atoms with E-state index in [1.165, 1.54) is 0 Å². The molecule has 1 aliphatic heterocycles. The predicted octanol–water partition coefficient (Wildman–Crippen LogP) is 2.01. The van der Waals surface area contributed by atoms with Gasteiger partial charge in [0.25, 0.3) is 0 Å². The molecule has 114 valence electrons. The second-order valence-corrected chi connectivity index (χ2v) is 6.92. The summed E-state index contributed by atoms with van der Waals surface area (Å²) in [6.07, 6.45) is 1.76. The summed E-state index contributed by atoms with van der Waals surface area (Å²) < 4.78 is 26.8. The average Bonchev–Trinajstić information content (AvgIpc) is 2.90. The van der Waals surface area contributed by atoms with Crippen LogP contribution in [0, 0.1) is 0 Å². The van der Waals surface area contributed by atoms with Gasteiger partial charge < -0.3 is 5.32 Å². The standard InChI is InChI=1S/C14H22N2O2S.ClH/c1-2-10-16(14-8-9-15-11-14)19(17,18)12-13-6-4-3-5-7-13;/h3-7,14-15H,2,8-12H2,1H3;1H. The van der Waals surface area contributed by atoms with Gasteiger partial charge in [-0.25, -0.2) is 8.42 Å². The summed E-state index contributed by atoms with van der Waals surface area (Å²) in [5.41, 5.74) is 0.856. The fraction of sp³-hybridized carbons (Fsp3) is 0.571. The van der Waals surface area contributed by atoms with Crippen molar-refractivity contribution < 1.29 is 8.42 Å². The van der Waals surface area contributed by atoms with E-state index in [9.17, 15) is 8.42 Å². The van der Waals surface area contributed by atoms with Crippen LogP contribution in [0.25, 0.3) is 0 Å². The second kappa shape index (κ2) is 7.98. The summed E-state index contributed by atoms with van der Waals surface area (Å²) >= 11 is 0. The van der Waals surface area contributed by atoms with Crippen molar-refractivity contribution in [2.24, 2.45) is 0 Å². The first kappa shape index (κ1) is 17.4. The molecule has 1 N–H and O–H groups in total. The van der Waals surface area contributed by atoms with E-state index in [4.69, 9.17) is 0 Å². The smallest absolute Gasteiger partial charge is 0.218 e. The molecule has 0 amide bonds. The number of halogens is 1. The van der Waals surface area contributed by atoms with Crippen molar-refractivity contribution in [2.45, 2.75) is 31.6 Å². The van der Waals surface area contributed by atoms with Gasteiger partial charge in [0.05, 0.1) is 5.75 Å². The normalized spacial score (nSPS) is 19.0. The Labute approximate surface area is 128 Å². The monoisotopic (exact) mass is 318 g/mol. The van der Waals surface area contributed by atoms with Gasteiger partial charge in [-0.1, -0.05) is 37.3 Å². The second-order valence-electron chi connectivity index (χ2n) is 5.00. The van der Waals surface area contributed by atoms with E-state index in [2.05, 4.69) is 5.32 Å². The molecule has 1 aromatic rings. The van der Waals surface area contributed by atoms with Crippen LogP contribution in [0.3, 0.4) is 0 Å². The molecule has 1 atom stereocenters. The third-order valence-electron chi connectivity index (χ3n) is 3.43. The Bertz CT molecular complexity index is 487. The topological polar surface area (TPSA) is 49.4 Å². The van der Waals surface area contributed by atoms with Gasteiger partial charge in [-0.15, -0.1) is 12.4 Å². The molecule has 1 aliphatic rings. The van der Waals surface area contributed by atoms with Crippen LogP contribution < -0.4 is 5.32 Å². The van der Waals surface area contributed by atoms with Gasteiger partial charge in [-0.3, -0.25) is 0 Å². The largest absolute Gasteiger partial charge is 0.315 e. The van der Waals surface area contributed by atoms with E-state index in [1.54, 1.807) is 4.31 Å². The van der Waals surface area contributed by atoms with Gasteiger partial charge >= 0.3 is 0 Å². The Hall–Kier alpha value is -0.620. The number of nitrogens with zero attached hydrogens (tertiary/aromatic N) is 1. The number of hydrogen-bond acceptors (Lipinski definition) is 3. The highest BCUT2D eigenvalue weighted by Crippen LogP contribution is 2.18. The summed E-state index contributed by atoms with van der Waals surface area (Å²) in [5, 5.41) is 3.24. The summed E-state index contributed by atoms with van der Waals surface area (Å²) in [7, 11) is -3.23. The van der Waals surface area contributed by atoms with Crippen molar-refractivity contribution in [1.29, 1.82) is 0 Å². The summed E-state index contributed by atoms with van der Waals surface area (Å²) in [5.74, 6) is 0.102. The quantitative estimate of drug-likeness (QED) is 0.873. The molecule has 0 saturated carbocycles. The molecule has 1 fully saturated rings. The fourth-order valence-corrected chi connectivity index (χ4v) is 4.40. The minimum atomic E-state index is -3.23. The zero-order valence-corrected chi connectivity index (χ0v) is 13.4. The number of hydrogen-bond donors (Lipinski definition) is 1. The average molecular weight is 319 g/mol. The molecule has 0 aromatic heterocycles. The number of rotatable bonds is 6. The number of sulfonamides is 1. The Balaban J connectivity index is 0.00000200. The molecule has 0 bridgehead atoms. The fourth-order valence-electron chi connectivity index (χ4n) is 2.52. The van der Waals surface area contributed by atoms with E-state index in [-0.39, 0.29) is 24.2 Å². The van der Waals surface area contributed by atoms with Gasteiger partial charge in [0, 0.05) is 19.1 Å². The zero-order valence-electron chi connectivity index (χ0n) is 11.8. The van der Waals surface area contributed by atoms with Gasteiger partial charge in [0.15, 0.2) is 0 Å². The molecular formula is C14H23ClN2O2S. The first-order valence-corrected chi connectivity index (χ1v) is 8.48. The van der Waals surface area contributed by atoms with Crippen LogP contribution in [-0.2, 0) is 15.8 Å². The summed E-state index contributed by atoms with van der Waals surface area (Å²) in [4.78, 5) is 0. The lowest BCUT2D eigenvalue weighted by atomic mass is 10.2. The van der Waals surface area contributed by atoms with E-state index in [0.29, 0.717) is 6.54 Å². The van der Waals surface area contributed by atoms with Crippen LogP contribution >= 0.6 is 12.4 Å². The Kier molecular flexibility index (Phi) is 6.95. The van der Waals surface area contributed by atoms with E-state index in [0.717, 1.165) is 31.5 Å². The molecule has 1 saturated heterocycles. The molecule has 0 radical (unpaired) electrons. The first-order valence-electron chi connectivity index (χ1n) is 6.87. The van der Waals surface area contributed by atoms with Crippen molar-refractivity contribution in [3.63, 3.8) is 0 Å². The maximum Gasteiger partial charge on any atom is 0.218 e. The molecular weight excluding hydrogens is 296 g/mol. The maximum absolute atomic E-state index is 12.6. The minimum Gasteiger partial charge on any atom is -0.315 e. The van der Waals surface area contributed by atoms with E-state index in [1.807, 2.05) is 37.3 Å². The number of nitrogens with one attached hydrogen (secondary N) is 1. The van der Waals surface area contributed by atoms with Crippen molar-refractivity contribution in [1.82, 2.24) is 9.62 Å². The lowest BCUT2D eigenvalue weighted by molar-refractivity contribution is 0.334. The lowest BCUT2D eigenvalue weighted by Crippen LogP contribution is -2.42. The zero-order chi connectivity index (χ0) is 13.7. The van der Waals surface area contributed by atoms with Crippen LogP contribution in [0.15, 0.2) is 30.3 Å². The van der Waals surface area contributed by atoms with Gasteiger partial charge in [-0.05, 0) is 24.9 Å². The first-order chi connectivity index (χ1) is 9.13. The van der Waals surface area contributed by atoms with Crippen LogP contribution in [0.2, 0.25) is 0 Å². The Morgan fingerprint density at radius 2 is 2.00 bits per heavy atom. The van der Waals surface area contributed by atoms with Gasteiger partial charge in [0.1, 0.15) is 0 Å². The highest BCUT2D eigenvalue weighted by Gasteiger charge is 2.31. The third kappa shape index (κ3) is 4.45. The predicted molar refractivity (Wildman–Crippen MR) is 84.6 cm³/mol. The minimum absolute atomic E-state index is 0. The molecule has 2 rings (SSSR count). The van der Waals surface area contributed by atoms with Gasteiger partial charge in [-0.2, -0.15) is 4.31 Å². The van der Waals surface area contributed by atoms with Gasteiger partial charge in [0.2, 0.25) is 10.0 Å². The van der Waals surface area contributed by atoms with Crippen molar-refractivity contribution in [2.75, 3.05) is 19.6 Å². The molecule has 4 nitrogen and oxygen atoms in total. The van der Waals surface area contributed by atoms with Crippen LogP contribution in [-0.4, -0.2) is 38.4 Å². The molecule has 6 heteroatoms. The number of benzene rings is 1. The van der Waals surface area contributed by atoms with Crippen LogP contribution in [0.4, 0.5) is 0 Å². The SMILES string of the molecule is CCCN(C1CCNC1)S(=O)(=O)Cc1ccccc1.Cl. The molecule has 1 heterocycles. The Morgan fingerprint density at radius 1 is 1.30 bits per heavy atom. The molecule has 20 heavy (non-hydrogen) atoms. The summed E-state index contributed by atoms with van der Waals surface area (Å²) in [6.45, 7) is 4.31. The third-order valence-corrected chi connectivity index (χ3v) is 5.33. The van der Waals surface area contributed by atoms with Crippen molar-refractivity contribution in [3.05, 3.63) is 35.9 Å². The summed E-state index contributed by atoms with van der Waals surface area (Å²) in [6, 6.07) is 9.52. The van der Waals surface area contributed by atoms with Crippen LogP contribution in [0.1, 0.15) is 25.3 Å². The van der Waals surface area contributed by atoms with E-state index >= 15 is 0 Å². The highest BCUT2D eigenvalue weighted by atomic mass is 35.5. The maximum atomic E-state index is 12.6. The van der Waals surface area contributed by atoms with Crippen molar-refractivity contribution >= 4 is 22.4 Å². The lowest BCUT2D eigenvalue weighted by Gasteiger charge is -2.27. The Morgan fingerprint density at radius 3 is 2.55 bits per heavy atom. The highest BCUT2D eigenvalue weighted by molar-refractivity contribution is 7.88. The molecule has 1 unspecified atom stereocenters. The molecule has 0 aliphatic carbocycles. The van der Waals surface area contributed by atoms with Crippen LogP contribution in [0.5, 0.6) is 0 Å². The van der Waals surface area contributed by atoms with Crippen molar-refractivity contribution in [3.8, 4) is 0 Å². The molecule has 0 spiro atoms. The molecule has 1 aromatic carbocycles.